The number of hydrogen-bond donors (Lipinski definition) is 4. The van der Waals surface area contributed by atoms with Crippen LogP contribution in [0.1, 0.15) is 18.2 Å². The molecule has 1 aromatic carbocycles. The van der Waals surface area contributed by atoms with Crippen LogP contribution in [0, 0.1) is 0 Å². The quantitative estimate of drug-likeness (QED) is 0.564. The van der Waals surface area contributed by atoms with Crippen LogP contribution in [0.3, 0.4) is 0 Å². The third-order valence-corrected chi connectivity index (χ3v) is 2.84. The van der Waals surface area contributed by atoms with Crippen LogP contribution in [-0.2, 0) is 11.2 Å². The van der Waals surface area contributed by atoms with Gasteiger partial charge in [-0.2, -0.15) is 5.10 Å². The lowest BCUT2D eigenvalue weighted by atomic mass is 10.1. The van der Waals surface area contributed by atoms with Crippen LogP contribution in [0.4, 0.5) is 0 Å². The number of allylic oxidation sites excluding steroid dienone is 1. The Morgan fingerprint density at radius 3 is 2.68 bits per heavy atom. The number of nitrogens with one attached hydrogen (secondary N) is 4. The first-order valence-corrected chi connectivity index (χ1v) is 6.50. The molecular weight excluding hydrogens is 286 g/mol. The number of nitrogens with zero attached hydrogens (tertiary/aromatic N) is 1. The van der Waals surface area contributed by atoms with E-state index in [1.54, 1.807) is 6.20 Å². The van der Waals surface area contributed by atoms with E-state index in [1.807, 2.05) is 42.2 Å². The summed E-state index contributed by atoms with van der Waals surface area (Å²) in [7, 11) is 0. The van der Waals surface area contributed by atoms with Crippen LogP contribution in [0.2, 0.25) is 0 Å². The van der Waals surface area contributed by atoms with Crippen LogP contribution in [0.25, 0.3) is 5.57 Å². The highest BCUT2D eigenvalue weighted by Crippen LogP contribution is 2.10. The molecule has 0 atom stereocenters. The average molecular weight is 301 g/mol. The van der Waals surface area contributed by atoms with E-state index in [2.05, 4.69) is 21.0 Å². The number of H-pyrrole nitrogens is 2. The van der Waals surface area contributed by atoms with Gasteiger partial charge in [0.05, 0.1) is 6.42 Å². The summed E-state index contributed by atoms with van der Waals surface area (Å²) in [6.07, 6.45) is 1.38. The van der Waals surface area contributed by atoms with Gasteiger partial charge >= 0.3 is 5.69 Å². The molecule has 0 fully saturated rings. The summed E-state index contributed by atoms with van der Waals surface area (Å²) in [5.74, 6) is -0.456. The number of benzene rings is 1. The average Bonchev–Trinajstić information content (AvgIpc) is 2.51. The zero-order valence-electron chi connectivity index (χ0n) is 11.8. The van der Waals surface area contributed by atoms with Gasteiger partial charge in [-0.1, -0.05) is 30.3 Å². The summed E-state index contributed by atoms with van der Waals surface area (Å²) < 4.78 is 0. The van der Waals surface area contributed by atoms with Crippen molar-refractivity contribution in [2.75, 3.05) is 0 Å². The number of amides is 1. The standard InChI is InChI=1S/C14H15N5O3/c1-9(10-5-3-2-4-6-10)8-15-18-12(20)7-11-13(21)16-14(22)19-17-11/h2-6,8,15H,7H2,1H3,(H,18,20)(H2,16,19,21,22). The Hall–Kier alpha value is -3.16. The highest BCUT2D eigenvalue weighted by Gasteiger charge is 2.08. The summed E-state index contributed by atoms with van der Waals surface area (Å²) in [5.41, 5.74) is 5.57. The molecule has 0 saturated carbocycles. The fourth-order valence-corrected chi connectivity index (χ4v) is 1.70. The zero-order valence-corrected chi connectivity index (χ0v) is 11.8. The van der Waals surface area contributed by atoms with E-state index < -0.39 is 17.2 Å². The van der Waals surface area contributed by atoms with Gasteiger partial charge in [0.1, 0.15) is 5.69 Å². The maximum atomic E-state index is 11.7. The monoisotopic (exact) mass is 301 g/mol. The molecule has 0 radical (unpaired) electrons. The first-order chi connectivity index (χ1) is 10.6. The van der Waals surface area contributed by atoms with Gasteiger partial charge in [0.15, 0.2) is 0 Å². The van der Waals surface area contributed by atoms with Crippen molar-refractivity contribution >= 4 is 11.5 Å². The second-order valence-electron chi connectivity index (χ2n) is 4.52. The maximum Gasteiger partial charge on any atom is 0.342 e. The summed E-state index contributed by atoms with van der Waals surface area (Å²) >= 11 is 0. The molecule has 8 nitrogen and oxygen atoms in total. The lowest BCUT2D eigenvalue weighted by Crippen LogP contribution is -2.37. The number of carbonyl (C=O) groups excluding carboxylic acids is 1. The molecule has 2 aromatic rings. The molecule has 0 unspecified atom stereocenters. The molecular formula is C14H15N5O3. The number of hydrazine groups is 1. The molecule has 22 heavy (non-hydrogen) atoms. The number of rotatable bonds is 5. The SMILES string of the molecule is CC(=CNNC(=O)Cc1n[nH]c(=O)[nH]c1=O)c1ccccc1. The first kappa shape index (κ1) is 15.2. The molecule has 8 heteroatoms. The fraction of sp³-hybridized carbons (Fsp3) is 0.143. The van der Waals surface area contributed by atoms with Crippen LogP contribution < -0.4 is 22.1 Å². The van der Waals surface area contributed by atoms with Crippen molar-refractivity contribution in [3.8, 4) is 0 Å². The van der Waals surface area contributed by atoms with Crippen LogP contribution in [-0.4, -0.2) is 21.1 Å². The molecule has 0 bridgehead atoms. The minimum absolute atomic E-state index is 0.0670. The molecule has 114 valence electrons. The Balaban J connectivity index is 1.90. The van der Waals surface area contributed by atoms with E-state index in [1.165, 1.54) is 0 Å². The number of aromatic nitrogens is 3. The smallest absolute Gasteiger partial charge is 0.306 e. The van der Waals surface area contributed by atoms with E-state index >= 15 is 0 Å². The van der Waals surface area contributed by atoms with Crippen molar-refractivity contribution in [1.29, 1.82) is 0 Å². The minimum Gasteiger partial charge on any atom is -0.306 e. The Bertz CT molecular complexity index is 792. The highest BCUT2D eigenvalue weighted by molar-refractivity contribution is 5.77. The van der Waals surface area contributed by atoms with E-state index in [0.717, 1.165) is 11.1 Å². The van der Waals surface area contributed by atoms with Crippen LogP contribution >= 0.6 is 0 Å². The maximum absolute atomic E-state index is 11.7. The van der Waals surface area contributed by atoms with E-state index in [4.69, 9.17) is 0 Å². The van der Waals surface area contributed by atoms with Crippen molar-refractivity contribution in [1.82, 2.24) is 26.0 Å². The van der Waals surface area contributed by atoms with Gasteiger partial charge in [-0.15, -0.1) is 0 Å². The summed E-state index contributed by atoms with van der Waals surface area (Å²) in [6.45, 7) is 1.89. The van der Waals surface area contributed by atoms with Crippen LogP contribution in [0.5, 0.6) is 0 Å². The lowest BCUT2D eigenvalue weighted by Gasteiger charge is -2.06. The zero-order chi connectivity index (χ0) is 15.9. The molecule has 2 rings (SSSR count). The topological polar surface area (TPSA) is 120 Å². The lowest BCUT2D eigenvalue weighted by molar-refractivity contribution is -0.121. The van der Waals surface area contributed by atoms with Crippen molar-refractivity contribution < 1.29 is 4.79 Å². The molecule has 4 N–H and O–H groups in total. The third kappa shape index (κ3) is 4.17. The molecule has 0 spiro atoms. The predicted octanol–water partition coefficient (Wildman–Crippen LogP) is -0.317. The molecule has 0 aliphatic rings. The van der Waals surface area contributed by atoms with Gasteiger partial charge in [-0.05, 0) is 18.1 Å². The van der Waals surface area contributed by atoms with E-state index in [-0.39, 0.29) is 12.1 Å². The van der Waals surface area contributed by atoms with Gasteiger partial charge in [0.2, 0.25) is 5.91 Å². The molecule has 0 aliphatic heterocycles. The minimum atomic E-state index is -0.714. The number of hydrogen-bond acceptors (Lipinski definition) is 5. The number of aromatic amines is 2. The van der Waals surface area contributed by atoms with Crippen molar-refractivity contribution in [3.63, 3.8) is 0 Å². The Kier molecular flexibility index (Phi) is 4.86. The Morgan fingerprint density at radius 1 is 1.27 bits per heavy atom. The van der Waals surface area contributed by atoms with Gasteiger partial charge in [-0.3, -0.25) is 20.0 Å². The second kappa shape index (κ2) is 7.02. The van der Waals surface area contributed by atoms with Gasteiger partial charge in [0, 0.05) is 6.20 Å². The second-order valence-corrected chi connectivity index (χ2v) is 4.52. The first-order valence-electron chi connectivity index (χ1n) is 6.50. The van der Waals surface area contributed by atoms with Crippen molar-refractivity contribution in [2.24, 2.45) is 0 Å². The molecule has 1 aromatic heterocycles. The molecule has 0 aliphatic carbocycles. The highest BCUT2D eigenvalue weighted by atomic mass is 16.2. The largest absolute Gasteiger partial charge is 0.342 e. The number of carbonyl (C=O) groups is 1. The van der Waals surface area contributed by atoms with Gasteiger partial charge in [-0.25, -0.2) is 9.89 Å². The van der Waals surface area contributed by atoms with Crippen LogP contribution in [0.15, 0.2) is 46.1 Å². The van der Waals surface area contributed by atoms with E-state index in [0.29, 0.717) is 0 Å². The van der Waals surface area contributed by atoms with Crippen molar-refractivity contribution in [2.45, 2.75) is 13.3 Å². The summed E-state index contributed by atoms with van der Waals surface area (Å²) in [5, 5.41) is 5.59. The summed E-state index contributed by atoms with van der Waals surface area (Å²) in [6, 6.07) is 9.64. The van der Waals surface area contributed by atoms with E-state index in [9.17, 15) is 14.4 Å². The molecule has 1 heterocycles. The normalized spacial score (nSPS) is 11.0. The van der Waals surface area contributed by atoms with Gasteiger partial charge < -0.3 is 5.43 Å². The van der Waals surface area contributed by atoms with Gasteiger partial charge in [0.25, 0.3) is 5.56 Å². The Labute approximate surface area is 125 Å². The predicted molar refractivity (Wildman–Crippen MR) is 80.6 cm³/mol. The Morgan fingerprint density at radius 2 is 2.00 bits per heavy atom. The summed E-state index contributed by atoms with van der Waals surface area (Å²) in [4.78, 5) is 35.9. The third-order valence-electron chi connectivity index (χ3n) is 2.84. The van der Waals surface area contributed by atoms with Crippen molar-refractivity contribution in [3.05, 3.63) is 68.6 Å². The fourth-order valence-electron chi connectivity index (χ4n) is 1.70. The molecule has 0 saturated heterocycles. The molecule has 1 amide bonds.